The van der Waals surface area contributed by atoms with E-state index in [0.29, 0.717) is 24.2 Å². The highest BCUT2D eigenvalue weighted by Crippen LogP contribution is 2.15. The highest BCUT2D eigenvalue weighted by Gasteiger charge is 2.28. The number of sulfone groups is 1. The van der Waals surface area contributed by atoms with Crippen LogP contribution in [0, 0.1) is 0 Å². The minimum Gasteiger partial charge on any atom is -0.492 e. The van der Waals surface area contributed by atoms with E-state index in [1.807, 2.05) is 0 Å². The number of pyridine rings is 2. The summed E-state index contributed by atoms with van der Waals surface area (Å²) in [5.41, 5.74) is -1.46. The van der Waals surface area contributed by atoms with Crippen LogP contribution in [0.2, 0.25) is 0 Å². The van der Waals surface area contributed by atoms with E-state index in [9.17, 15) is 27.6 Å². The molecule has 0 aliphatic carbocycles. The average molecular weight is 659 g/mol. The molecule has 0 saturated carbocycles. The number of ether oxygens (including phenoxy) is 3. The number of benzene rings is 1. The Balaban J connectivity index is 1.63. The van der Waals surface area contributed by atoms with Gasteiger partial charge >= 0.3 is 12.1 Å². The van der Waals surface area contributed by atoms with Gasteiger partial charge in [0.05, 0.1) is 17.7 Å². The molecule has 0 radical (unpaired) electrons. The predicted octanol–water partition coefficient (Wildman–Crippen LogP) is 3.05. The van der Waals surface area contributed by atoms with Crippen LogP contribution < -0.4 is 26.2 Å². The number of hydrogen-bond acceptors (Lipinski definition) is 10. The summed E-state index contributed by atoms with van der Waals surface area (Å²) in [5.74, 6) is -1.54. The van der Waals surface area contributed by atoms with Crippen molar-refractivity contribution in [3.63, 3.8) is 0 Å². The highest BCUT2D eigenvalue weighted by molar-refractivity contribution is 7.91. The van der Waals surface area contributed by atoms with E-state index in [2.05, 4.69) is 16.0 Å². The van der Waals surface area contributed by atoms with E-state index in [1.165, 1.54) is 28.8 Å². The minimum atomic E-state index is -3.78. The second kappa shape index (κ2) is 15.2. The Labute approximate surface area is 268 Å². The van der Waals surface area contributed by atoms with Crippen LogP contribution in [-0.4, -0.2) is 73.6 Å². The fourth-order valence-corrected chi connectivity index (χ4v) is 5.18. The van der Waals surface area contributed by atoms with Gasteiger partial charge in [0.2, 0.25) is 0 Å². The Morgan fingerprint density at radius 2 is 1.57 bits per heavy atom. The molecule has 3 rings (SSSR count). The number of hydrogen-bond donors (Lipinski definition) is 3. The first-order valence-electron chi connectivity index (χ1n) is 14.7. The number of amides is 2. The SMILES string of the molecule is CC(C)(C)OC(=O)NCCCOc1ccc2cc(C(=O)NC[C@H](NCS(=O)(=O)c3ccccc3)C(=O)OC(C)(C)C)cc(=O)n2c1. The molecule has 0 bridgehead atoms. The van der Waals surface area contributed by atoms with Crippen molar-refractivity contribution in [3.8, 4) is 5.75 Å². The monoisotopic (exact) mass is 658 g/mol. The molecule has 1 atom stereocenters. The van der Waals surface area contributed by atoms with Gasteiger partial charge in [-0.3, -0.25) is 24.1 Å². The van der Waals surface area contributed by atoms with Crippen LogP contribution in [0.4, 0.5) is 4.79 Å². The smallest absolute Gasteiger partial charge is 0.407 e. The third-order valence-electron chi connectivity index (χ3n) is 6.07. The van der Waals surface area contributed by atoms with Crippen molar-refractivity contribution in [2.45, 2.75) is 70.1 Å². The molecule has 0 unspecified atom stereocenters. The molecule has 1 aromatic carbocycles. The lowest BCUT2D eigenvalue weighted by atomic mass is 10.2. The summed E-state index contributed by atoms with van der Waals surface area (Å²) in [4.78, 5) is 50.6. The molecule has 0 fully saturated rings. The summed E-state index contributed by atoms with van der Waals surface area (Å²) >= 11 is 0. The second-order valence-corrected chi connectivity index (χ2v) is 14.4. The van der Waals surface area contributed by atoms with Crippen LogP contribution in [-0.2, 0) is 24.1 Å². The van der Waals surface area contributed by atoms with Crippen molar-refractivity contribution in [1.82, 2.24) is 20.4 Å². The van der Waals surface area contributed by atoms with Crippen LogP contribution in [0.15, 0.2) is 70.5 Å². The lowest BCUT2D eigenvalue weighted by Crippen LogP contribution is -2.49. The average Bonchev–Trinajstić information content (AvgIpc) is 2.95. The molecule has 2 amide bonds. The van der Waals surface area contributed by atoms with E-state index >= 15 is 0 Å². The van der Waals surface area contributed by atoms with Gasteiger partial charge in [-0.05, 0) is 78.3 Å². The maximum Gasteiger partial charge on any atom is 0.407 e. The summed E-state index contributed by atoms with van der Waals surface area (Å²) in [6.45, 7) is 10.7. The van der Waals surface area contributed by atoms with Gasteiger partial charge in [-0.1, -0.05) is 18.2 Å². The van der Waals surface area contributed by atoms with Crippen molar-refractivity contribution < 1.29 is 37.0 Å². The Morgan fingerprint density at radius 3 is 2.22 bits per heavy atom. The zero-order chi connectivity index (χ0) is 34.1. The molecule has 0 saturated heterocycles. The zero-order valence-corrected chi connectivity index (χ0v) is 27.7. The number of rotatable bonds is 13. The van der Waals surface area contributed by atoms with Crippen LogP contribution >= 0.6 is 0 Å². The highest BCUT2D eigenvalue weighted by atomic mass is 32.2. The van der Waals surface area contributed by atoms with E-state index in [1.54, 1.807) is 71.9 Å². The molecule has 3 aromatic rings. The molecule has 2 aromatic heterocycles. The molecule has 46 heavy (non-hydrogen) atoms. The molecule has 3 N–H and O–H groups in total. The molecule has 2 heterocycles. The van der Waals surface area contributed by atoms with Gasteiger partial charge in [0.15, 0.2) is 9.84 Å². The molecule has 0 aliphatic rings. The van der Waals surface area contributed by atoms with Crippen molar-refractivity contribution in [2.24, 2.45) is 0 Å². The number of carbonyl (C=O) groups excluding carboxylic acids is 3. The largest absolute Gasteiger partial charge is 0.492 e. The quantitative estimate of drug-likeness (QED) is 0.183. The lowest BCUT2D eigenvalue weighted by Gasteiger charge is -2.25. The van der Waals surface area contributed by atoms with E-state index < -0.39 is 56.5 Å². The number of nitrogens with one attached hydrogen (secondary N) is 3. The number of carbonyl (C=O) groups is 3. The van der Waals surface area contributed by atoms with Gasteiger partial charge in [-0.25, -0.2) is 13.2 Å². The summed E-state index contributed by atoms with van der Waals surface area (Å²) in [7, 11) is -3.78. The minimum absolute atomic E-state index is 0.0479. The standard InChI is InChI=1S/C32H42N4O9S/c1-31(2,3)44-29(39)26(35-21-46(41,42)25-11-8-7-9-12-25)19-34-28(38)22-17-23-13-14-24(20-36(23)27(37)18-22)43-16-10-15-33-30(40)45-32(4,5)6/h7-9,11-14,17-18,20,26,35H,10,15-16,19,21H2,1-6H3,(H,33,40)(H,34,38)/t26-/m0/s1. The van der Waals surface area contributed by atoms with Crippen molar-refractivity contribution >= 4 is 33.3 Å². The van der Waals surface area contributed by atoms with Crippen LogP contribution in [0.3, 0.4) is 0 Å². The third kappa shape index (κ3) is 11.5. The first kappa shape index (κ1) is 36.0. The summed E-state index contributed by atoms with van der Waals surface area (Å²) in [5, 5.41) is 7.93. The van der Waals surface area contributed by atoms with E-state index in [4.69, 9.17) is 14.2 Å². The predicted molar refractivity (Wildman–Crippen MR) is 172 cm³/mol. The first-order valence-corrected chi connectivity index (χ1v) is 16.4. The molecule has 0 spiro atoms. The van der Waals surface area contributed by atoms with Gasteiger partial charge < -0.3 is 24.8 Å². The molecule has 14 heteroatoms. The summed E-state index contributed by atoms with van der Waals surface area (Å²) < 4.78 is 43.2. The summed E-state index contributed by atoms with van der Waals surface area (Å²) in [6, 6.07) is 12.5. The van der Waals surface area contributed by atoms with Crippen molar-refractivity contribution in [2.75, 3.05) is 25.6 Å². The van der Waals surface area contributed by atoms with E-state index in [0.717, 1.165) is 6.07 Å². The number of nitrogens with zero attached hydrogens (tertiary/aromatic N) is 1. The molecule has 250 valence electrons. The Bertz CT molecular complexity index is 1690. The van der Waals surface area contributed by atoms with Gasteiger partial charge in [0, 0.05) is 30.2 Å². The molecular weight excluding hydrogens is 616 g/mol. The Kier molecular flexibility index (Phi) is 11.9. The van der Waals surface area contributed by atoms with Crippen LogP contribution in [0.25, 0.3) is 5.52 Å². The molecule has 13 nitrogen and oxygen atoms in total. The third-order valence-corrected chi connectivity index (χ3v) is 7.61. The van der Waals surface area contributed by atoms with Gasteiger partial charge in [0.1, 0.15) is 28.9 Å². The lowest BCUT2D eigenvalue weighted by molar-refractivity contribution is -0.157. The maximum atomic E-state index is 13.0. The van der Waals surface area contributed by atoms with E-state index in [-0.39, 0.29) is 23.6 Å². The second-order valence-electron chi connectivity index (χ2n) is 12.4. The van der Waals surface area contributed by atoms with Gasteiger partial charge in [-0.15, -0.1) is 0 Å². The van der Waals surface area contributed by atoms with Crippen molar-refractivity contribution in [3.05, 3.63) is 76.7 Å². The number of esters is 1. The number of alkyl carbamates (subject to hydrolysis) is 1. The fourth-order valence-electron chi connectivity index (χ4n) is 4.02. The van der Waals surface area contributed by atoms with Gasteiger partial charge in [0.25, 0.3) is 11.5 Å². The maximum absolute atomic E-state index is 13.0. The van der Waals surface area contributed by atoms with Gasteiger partial charge in [-0.2, -0.15) is 0 Å². The molecule has 0 aliphatic heterocycles. The number of aromatic nitrogens is 1. The van der Waals surface area contributed by atoms with Crippen LogP contribution in [0.5, 0.6) is 5.75 Å². The normalized spacial score (nSPS) is 12.7. The Morgan fingerprint density at radius 1 is 0.891 bits per heavy atom. The van der Waals surface area contributed by atoms with Crippen molar-refractivity contribution in [1.29, 1.82) is 0 Å². The molecular formula is C32H42N4O9S. The summed E-state index contributed by atoms with van der Waals surface area (Å²) in [6.07, 6.45) is 1.48. The first-order chi connectivity index (χ1) is 21.4. The Hall–Kier alpha value is -4.43. The van der Waals surface area contributed by atoms with Crippen LogP contribution in [0.1, 0.15) is 58.3 Å². The fraction of sp³-hybridized carbons (Fsp3) is 0.438. The number of fused-ring (bicyclic) bond motifs is 1. The topological polar surface area (TPSA) is 171 Å². The zero-order valence-electron chi connectivity index (χ0n) is 26.9.